The zero-order valence-electron chi connectivity index (χ0n) is 34.9. The molecule has 0 aromatic heterocycles. The van der Waals surface area contributed by atoms with E-state index in [4.69, 9.17) is 39.2 Å². The first-order chi connectivity index (χ1) is 27.0. The highest BCUT2D eigenvalue weighted by molar-refractivity contribution is 5.96. The quantitative estimate of drug-likeness (QED) is 0.0215. The lowest BCUT2D eigenvalue weighted by Gasteiger charge is -2.28. The van der Waals surface area contributed by atoms with Crippen LogP contribution in [-0.2, 0) is 28.8 Å². The van der Waals surface area contributed by atoms with Crippen molar-refractivity contribution in [2.75, 3.05) is 19.6 Å². The van der Waals surface area contributed by atoms with E-state index in [0.29, 0.717) is 12.8 Å². The molecule has 0 rings (SSSR count). The number of carboxylic acids is 1. The van der Waals surface area contributed by atoms with E-state index in [1.54, 1.807) is 0 Å². The lowest BCUT2D eigenvalue weighted by atomic mass is 9.99. The number of hydrogen-bond donors (Lipinski definition) is 16. The van der Waals surface area contributed by atoms with Gasteiger partial charge in [-0.05, 0) is 75.5 Å². The Hall–Kier alpha value is -5.41. The molecule has 5 amide bonds. The van der Waals surface area contributed by atoms with Crippen LogP contribution in [0.15, 0.2) is 0 Å². The summed E-state index contributed by atoms with van der Waals surface area (Å²) in [7, 11) is 0. The number of carbonyl (C=O) groups excluding carboxylic acids is 5. The number of nitrogens with two attached hydrogens (primary N) is 4. The Bertz CT molecular complexity index is 1380. The van der Waals surface area contributed by atoms with Crippen molar-refractivity contribution in [1.82, 2.24) is 42.5 Å². The average Bonchev–Trinajstić information content (AvgIpc) is 3.09. The molecule has 22 nitrogen and oxygen atoms in total. The molecule has 0 saturated carbocycles. The maximum absolute atomic E-state index is 14.0. The summed E-state index contributed by atoms with van der Waals surface area (Å²) in [4.78, 5) is 80.1. The number of carboxylic acid groups (broad SMARTS) is 1. The molecule has 0 bridgehead atoms. The normalized spacial score (nSPS) is 14.2. The van der Waals surface area contributed by atoms with Gasteiger partial charge < -0.3 is 70.6 Å². The van der Waals surface area contributed by atoms with Crippen molar-refractivity contribution in [1.29, 1.82) is 16.2 Å². The third-order valence-electron chi connectivity index (χ3n) is 8.58. The minimum atomic E-state index is -1.30. The third-order valence-corrected chi connectivity index (χ3v) is 8.58. The predicted octanol–water partition coefficient (Wildman–Crippen LogP) is -2.25. The van der Waals surface area contributed by atoms with Gasteiger partial charge in [-0.3, -0.25) is 40.2 Å². The summed E-state index contributed by atoms with van der Waals surface area (Å²) in [6.07, 6.45) is 1.64. The minimum Gasteiger partial charge on any atom is -0.480 e. The van der Waals surface area contributed by atoms with Crippen LogP contribution in [0.5, 0.6) is 0 Å². The van der Waals surface area contributed by atoms with Crippen LogP contribution in [0.1, 0.15) is 99.3 Å². The standard InChI is InChI=1S/C36H71N15O7/c1-19(2)16-22(37)28(52)47-23(10-7-13-44-34(38)39)29(53)50-26(17-20(3)4)31(55)48-24(11-8-14-45-35(40)41)30(54)51-27(18-21(5)6)32(56)49-25(33(57)58)12-9-15-46-36(42)43/h19-27H,7-18,37H2,1-6H3,(H,47,52)(H,48,55)(H,49,56)(H,50,53)(H,51,54)(H,57,58)(H4,38,39,44)(H4,40,41,45)(H4,42,43,46)/t22-,23-,24-,25-,26-,27-/m0/s1. The second-order valence-corrected chi connectivity index (χ2v) is 15.6. The highest BCUT2D eigenvalue weighted by atomic mass is 16.4. The van der Waals surface area contributed by atoms with Crippen LogP contribution in [0.4, 0.5) is 0 Å². The van der Waals surface area contributed by atoms with Gasteiger partial charge in [-0.2, -0.15) is 0 Å². The molecule has 0 saturated heterocycles. The maximum atomic E-state index is 14.0. The zero-order chi connectivity index (χ0) is 44.5. The summed E-state index contributed by atoms with van der Waals surface area (Å²) in [5.41, 5.74) is 22.2. The molecule has 0 aliphatic heterocycles. The molecule has 0 aromatic rings. The summed E-state index contributed by atoms with van der Waals surface area (Å²) in [6.45, 7) is 11.7. The number of guanidine groups is 3. The Labute approximate surface area is 341 Å². The van der Waals surface area contributed by atoms with Gasteiger partial charge >= 0.3 is 5.97 Å². The number of carbonyl (C=O) groups is 6. The SMILES string of the molecule is CC(C)C[C@H](NC(=O)[C@H](CCCNC(=N)N)NC(=O)[C@H](CC(C)C)NC(=O)[C@H](CCCNC(=N)N)NC(=O)[C@@H](N)CC(C)C)C(=O)N[C@@H](CCCNC(=N)N)C(=O)O. The van der Waals surface area contributed by atoms with Gasteiger partial charge in [-0.25, -0.2) is 4.79 Å². The van der Waals surface area contributed by atoms with Crippen molar-refractivity contribution in [2.24, 2.45) is 40.7 Å². The fourth-order valence-corrected chi connectivity index (χ4v) is 5.77. The van der Waals surface area contributed by atoms with Crippen molar-refractivity contribution in [3.8, 4) is 0 Å². The van der Waals surface area contributed by atoms with Crippen LogP contribution in [0.2, 0.25) is 0 Å². The molecule has 332 valence electrons. The van der Waals surface area contributed by atoms with Gasteiger partial charge in [0.1, 0.15) is 30.2 Å². The van der Waals surface area contributed by atoms with Gasteiger partial charge in [0.25, 0.3) is 0 Å². The van der Waals surface area contributed by atoms with Crippen molar-refractivity contribution in [2.45, 2.75) is 136 Å². The summed E-state index contributed by atoms with van der Waals surface area (Å²) >= 11 is 0. The molecule has 58 heavy (non-hydrogen) atoms. The van der Waals surface area contributed by atoms with Gasteiger partial charge in [0.2, 0.25) is 29.5 Å². The fraction of sp³-hybridized carbons (Fsp3) is 0.750. The van der Waals surface area contributed by atoms with Crippen molar-refractivity contribution in [3.05, 3.63) is 0 Å². The van der Waals surface area contributed by atoms with Crippen molar-refractivity contribution >= 4 is 53.4 Å². The first-order valence-electron chi connectivity index (χ1n) is 19.8. The lowest BCUT2D eigenvalue weighted by molar-refractivity contribution is -0.142. The average molecular weight is 826 g/mol. The smallest absolute Gasteiger partial charge is 0.326 e. The monoisotopic (exact) mass is 826 g/mol. The predicted molar refractivity (Wildman–Crippen MR) is 221 cm³/mol. The van der Waals surface area contributed by atoms with Gasteiger partial charge in [0.15, 0.2) is 17.9 Å². The van der Waals surface area contributed by atoms with E-state index in [2.05, 4.69) is 42.5 Å². The third kappa shape index (κ3) is 24.3. The van der Waals surface area contributed by atoms with Gasteiger partial charge in [0, 0.05) is 19.6 Å². The first kappa shape index (κ1) is 52.6. The van der Waals surface area contributed by atoms with Crippen LogP contribution in [-0.4, -0.2) is 114 Å². The Balaban J connectivity index is 6.36. The highest BCUT2D eigenvalue weighted by Gasteiger charge is 2.33. The molecule has 0 fully saturated rings. The Morgan fingerprint density at radius 2 is 0.741 bits per heavy atom. The molecule has 6 atom stereocenters. The molecule has 0 unspecified atom stereocenters. The van der Waals surface area contributed by atoms with Gasteiger partial charge in [-0.1, -0.05) is 41.5 Å². The van der Waals surface area contributed by atoms with E-state index in [-0.39, 0.29) is 100 Å². The lowest BCUT2D eigenvalue weighted by Crippen LogP contribution is -2.59. The van der Waals surface area contributed by atoms with E-state index in [9.17, 15) is 33.9 Å². The largest absolute Gasteiger partial charge is 0.480 e. The Morgan fingerprint density at radius 3 is 1.05 bits per heavy atom. The molecule has 0 aromatic carbocycles. The van der Waals surface area contributed by atoms with Crippen LogP contribution < -0.4 is 65.5 Å². The maximum Gasteiger partial charge on any atom is 0.326 e. The molecule has 0 aliphatic carbocycles. The van der Waals surface area contributed by atoms with Crippen molar-refractivity contribution < 1.29 is 33.9 Å². The topological polar surface area (TPSA) is 395 Å². The minimum absolute atomic E-state index is 0.0130. The molecular formula is C36H71N15O7. The molecule has 0 spiro atoms. The Kier molecular flexibility index (Phi) is 25.4. The second kappa shape index (κ2) is 28.1. The number of amides is 5. The van der Waals surface area contributed by atoms with E-state index in [0.717, 1.165) is 0 Å². The van der Waals surface area contributed by atoms with Crippen LogP contribution in [0, 0.1) is 34.0 Å². The summed E-state index contributed by atoms with van der Waals surface area (Å²) < 4.78 is 0. The van der Waals surface area contributed by atoms with Crippen molar-refractivity contribution in [3.63, 3.8) is 0 Å². The number of aliphatic carboxylic acids is 1. The molecular weight excluding hydrogens is 754 g/mol. The second-order valence-electron chi connectivity index (χ2n) is 15.6. The molecule has 0 aliphatic rings. The number of nitrogens with one attached hydrogen (secondary N) is 11. The van der Waals surface area contributed by atoms with Crippen LogP contribution in [0.25, 0.3) is 0 Å². The fourth-order valence-electron chi connectivity index (χ4n) is 5.77. The summed E-state index contributed by atoms with van der Waals surface area (Å²) in [5, 5.41) is 53.0. The number of hydrogen-bond acceptors (Lipinski definition) is 10. The number of rotatable bonds is 29. The molecule has 20 N–H and O–H groups in total. The zero-order valence-corrected chi connectivity index (χ0v) is 34.9. The summed E-state index contributed by atoms with van der Waals surface area (Å²) in [6, 6.07) is -6.88. The first-order valence-corrected chi connectivity index (χ1v) is 19.8. The Morgan fingerprint density at radius 1 is 0.466 bits per heavy atom. The van der Waals surface area contributed by atoms with E-state index < -0.39 is 71.8 Å². The van der Waals surface area contributed by atoms with E-state index >= 15 is 0 Å². The van der Waals surface area contributed by atoms with Crippen LogP contribution >= 0.6 is 0 Å². The molecule has 0 heterocycles. The van der Waals surface area contributed by atoms with Gasteiger partial charge in [0.05, 0.1) is 6.04 Å². The van der Waals surface area contributed by atoms with Gasteiger partial charge in [-0.15, -0.1) is 0 Å². The molecule has 0 radical (unpaired) electrons. The van der Waals surface area contributed by atoms with Crippen LogP contribution in [0.3, 0.4) is 0 Å². The molecule has 22 heteroatoms. The highest BCUT2D eigenvalue weighted by Crippen LogP contribution is 2.12. The summed E-state index contributed by atoms with van der Waals surface area (Å²) in [5.74, 6) is -5.68. The van der Waals surface area contributed by atoms with E-state index in [1.807, 2.05) is 41.5 Å². The van der Waals surface area contributed by atoms with E-state index in [1.165, 1.54) is 0 Å².